The Bertz CT molecular complexity index is 2320. The van der Waals surface area contributed by atoms with E-state index in [0.29, 0.717) is 36.4 Å². The minimum Gasteiger partial charge on any atom is -0.504 e. The highest BCUT2D eigenvalue weighted by Crippen LogP contribution is 2.53. The van der Waals surface area contributed by atoms with Gasteiger partial charge in [-0.15, -0.1) is 0 Å². The number of benzene rings is 4. The van der Waals surface area contributed by atoms with E-state index in [1.807, 2.05) is 0 Å². The highest BCUT2D eigenvalue weighted by molar-refractivity contribution is 6.08. The van der Waals surface area contributed by atoms with E-state index in [2.05, 4.69) is 0 Å². The average Bonchev–Trinajstić information content (AvgIpc) is 3.16. The number of phenols is 12. The van der Waals surface area contributed by atoms with Crippen LogP contribution in [0.25, 0.3) is 11.1 Å². The molecule has 0 radical (unpaired) electrons. The number of esters is 4. The monoisotopic (exact) mass is 802 g/mol. The van der Waals surface area contributed by atoms with Crippen LogP contribution in [-0.2, 0) is 23.7 Å². The molecule has 23 heteroatoms. The Morgan fingerprint density at radius 3 is 1.42 bits per heavy atom. The van der Waals surface area contributed by atoms with Gasteiger partial charge in [0.15, 0.2) is 69.7 Å². The normalized spacial score (nSPS) is 16.4. The van der Waals surface area contributed by atoms with Crippen molar-refractivity contribution in [1.29, 1.82) is 0 Å². The molecule has 0 amide bonds. The first-order valence-electron chi connectivity index (χ1n) is 15.4. The highest BCUT2D eigenvalue weighted by Gasteiger charge is 2.46. The van der Waals surface area contributed by atoms with Gasteiger partial charge < -0.3 is 90.4 Å². The van der Waals surface area contributed by atoms with Gasteiger partial charge >= 0.3 is 29.8 Å². The lowest BCUT2D eigenvalue weighted by Crippen LogP contribution is -2.53. The first-order valence-corrected chi connectivity index (χ1v) is 15.4. The molecule has 14 N–H and O–H groups in total. The molecule has 0 saturated heterocycles. The minimum absolute atomic E-state index is 0.341. The number of ether oxygens (including phenoxy) is 4. The van der Waals surface area contributed by atoms with E-state index in [4.69, 9.17) is 18.9 Å². The summed E-state index contributed by atoms with van der Waals surface area (Å²) in [6, 6.07) is 2.81. The number of aliphatic hydroxyl groups is 1. The minimum atomic E-state index is -2.96. The molecule has 57 heavy (non-hydrogen) atoms. The van der Waals surface area contributed by atoms with E-state index in [0.717, 1.165) is 0 Å². The number of aliphatic hydroxyl groups excluding tert-OH is 1. The molecule has 1 aliphatic rings. The van der Waals surface area contributed by atoms with Crippen molar-refractivity contribution >= 4 is 29.8 Å². The van der Waals surface area contributed by atoms with Crippen molar-refractivity contribution in [3.05, 3.63) is 58.7 Å². The highest BCUT2D eigenvalue weighted by atomic mass is 16.6. The Morgan fingerprint density at radius 2 is 0.982 bits per heavy atom. The molecule has 1 aliphatic heterocycles. The topological polar surface area (TPSA) is 405 Å². The number of carboxylic acid groups (broad SMARTS) is 1. The molecule has 0 unspecified atom stereocenters. The third-order valence-electron chi connectivity index (χ3n) is 8.18. The largest absolute Gasteiger partial charge is 0.504 e. The van der Waals surface area contributed by atoms with E-state index >= 15 is 0 Å². The van der Waals surface area contributed by atoms with Crippen LogP contribution in [0.2, 0.25) is 0 Å². The number of hydrogen-bond acceptors (Lipinski definition) is 22. The number of fused-ring (bicyclic) bond motifs is 3. The lowest BCUT2D eigenvalue weighted by Gasteiger charge is -2.32. The number of aliphatic carboxylic acids is 1. The van der Waals surface area contributed by atoms with Gasteiger partial charge in [-0.25, -0.2) is 24.0 Å². The van der Waals surface area contributed by atoms with Crippen LogP contribution in [0.4, 0.5) is 0 Å². The van der Waals surface area contributed by atoms with Crippen LogP contribution in [0.1, 0.15) is 41.4 Å². The summed E-state index contributed by atoms with van der Waals surface area (Å²) in [7, 11) is 0. The van der Waals surface area contributed by atoms with Crippen molar-refractivity contribution in [2.24, 2.45) is 0 Å². The fourth-order valence-electron chi connectivity index (χ4n) is 5.37. The quantitative estimate of drug-likeness (QED) is 0.0683. The van der Waals surface area contributed by atoms with Crippen molar-refractivity contribution in [3.8, 4) is 80.1 Å². The SMILES string of the molecule is O=C(O[C@H]1COC(=O)c2cc(O)c(O)c(O)c2-c2c(cc(O)c(O)c2O)C(=O)O[C@H]1[C@H](O)[C@@H](OC(=O)c1cc(O)c(O)c(O)c1)C(=O)O)c1cc(O)c(O)c(O)c1. The van der Waals surface area contributed by atoms with Gasteiger partial charge in [-0.05, 0) is 36.4 Å². The molecule has 4 aromatic rings. The van der Waals surface area contributed by atoms with Gasteiger partial charge in [0.25, 0.3) is 0 Å². The van der Waals surface area contributed by atoms with Gasteiger partial charge in [0.1, 0.15) is 12.7 Å². The molecule has 300 valence electrons. The number of carboxylic acids is 1. The molecule has 0 fully saturated rings. The Balaban J connectivity index is 1.71. The standard InChI is InChI=1S/C34H26O23/c35-12-1-8(2-13(36)21(12)41)31(50)55-18-7-54-33(52)10-5-16(39)23(43)25(45)19(10)20-11(6-17(40)24(44)26(20)46)34(53)56-28(18)27(47)29(30(48)49)57-32(51)9-3-14(37)22(42)15(38)4-9/h1-6,18,27-29,35-47H,7H2,(H,48,49)/t18-,27-,28+,29+/m0/s1. The van der Waals surface area contributed by atoms with E-state index in [1.54, 1.807) is 0 Å². The second-order valence-electron chi connectivity index (χ2n) is 11.8. The summed E-state index contributed by atoms with van der Waals surface area (Å²) in [6.45, 7) is -1.43. The molecule has 0 spiro atoms. The van der Waals surface area contributed by atoms with E-state index < -0.39 is 163 Å². The number of hydrogen-bond donors (Lipinski definition) is 14. The predicted molar refractivity (Wildman–Crippen MR) is 176 cm³/mol. The fourth-order valence-corrected chi connectivity index (χ4v) is 5.37. The molecule has 4 aromatic carbocycles. The summed E-state index contributed by atoms with van der Waals surface area (Å²) < 4.78 is 20.5. The molecule has 0 bridgehead atoms. The smallest absolute Gasteiger partial charge is 0.347 e. The van der Waals surface area contributed by atoms with Crippen molar-refractivity contribution in [1.82, 2.24) is 0 Å². The van der Waals surface area contributed by atoms with Gasteiger partial charge in [-0.3, -0.25) is 0 Å². The summed E-state index contributed by atoms with van der Waals surface area (Å²) in [5.41, 5.74) is -6.05. The van der Waals surface area contributed by atoms with Crippen molar-refractivity contribution < 1.29 is 114 Å². The zero-order valence-electron chi connectivity index (χ0n) is 27.9. The summed E-state index contributed by atoms with van der Waals surface area (Å²) in [6.07, 6.45) is -11.1. The third kappa shape index (κ3) is 7.35. The summed E-state index contributed by atoms with van der Waals surface area (Å²) >= 11 is 0. The maximum Gasteiger partial charge on any atom is 0.347 e. The molecular formula is C34H26O23. The fraction of sp³-hybridized carbons (Fsp3) is 0.147. The lowest BCUT2D eigenvalue weighted by molar-refractivity contribution is -0.166. The van der Waals surface area contributed by atoms with E-state index in [-0.39, 0.29) is 0 Å². The second kappa shape index (κ2) is 14.9. The van der Waals surface area contributed by atoms with Crippen LogP contribution in [0.5, 0.6) is 69.0 Å². The Labute approximate surface area is 314 Å². The molecular weight excluding hydrogens is 776 g/mol. The van der Waals surface area contributed by atoms with Gasteiger partial charge in [0, 0.05) is 11.1 Å². The summed E-state index contributed by atoms with van der Waals surface area (Å²) in [5, 5.41) is 143. The first-order chi connectivity index (χ1) is 26.6. The lowest BCUT2D eigenvalue weighted by atomic mass is 9.92. The van der Waals surface area contributed by atoms with Gasteiger partial charge in [0.2, 0.25) is 17.6 Å². The zero-order valence-corrected chi connectivity index (χ0v) is 27.9. The first kappa shape index (κ1) is 40.0. The number of rotatable bonds is 7. The van der Waals surface area contributed by atoms with Crippen LogP contribution in [-0.4, -0.2) is 132 Å². The maximum absolute atomic E-state index is 14.0. The Kier molecular flexibility index (Phi) is 10.5. The summed E-state index contributed by atoms with van der Waals surface area (Å²) in [5.74, 6) is -24.1. The van der Waals surface area contributed by atoms with Crippen molar-refractivity contribution in [2.75, 3.05) is 6.61 Å². The predicted octanol–water partition coefficient (Wildman–Crippen LogP) is 0.413. The molecule has 1 heterocycles. The Hall–Kier alpha value is -8.21. The zero-order chi connectivity index (χ0) is 42.4. The maximum atomic E-state index is 14.0. The number of aromatic hydroxyl groups is 12. The summed E-state index contributed by atoms with van der Waals surface area (Å²) in [4.78, 5) is 66.3. The van der Waals surface area contributed by atoms with Crippen molar-refractivity contribution in [2.45, 2.75) is 24.4 Å². The Morgan fingerprint density at radius 1 is 0.579 bits per heavy atom. The molecule has 0 aliphatic carbocycles. The van der Waals surface area contributed by atoms with E-state index in [9.17, 15) is 95.5 Å². The van der Waals surface area contributed by atoms with Gasteiger partial charge in [0.05, 0.1) is 22.3 Å². The number of carbonyl (C=O) groups is 5. The van der Waals surface area contributed by atoms with Crippen molar-refractivity contribution in [3.63, 3.8) is 0 Å². The van der Waals surface area contributed by atoms with Crippen LogP contribution in [0.15, 0.2) is 36.4 Å². The molecule has 0 saturated carbocycles. The molecule has 0 aromatic heterocycles. The van der Waals surface area contributed by atoms with Crippen LogP contribution in [0.3, 0.4) is 0 Å². The van der Waals surface area contributed by atoms with Crippen LogP contribution in [0, 0.1) is 0 Å². The van der Waals surface area contributed by atoms with Gasteiger partial charge in [-0.2, -0.15) is 0 Å². The van der Waals surface area contributed by atoms with Crippen LogP contribution >= 0.6 is 0 Å². The second-order valence-corrected chi connectivity index (χ2v) is 11.8. The van der Waals surface area contributed by atoms with E-state index in [1.165, 1.54) is 0 Å². The van der Waals surface area contributed by atoms with Gasteiger partial charge in [-0.1, -0.05) is 0 Å². The third-order valence-corrected chi connectivity index (χ3v) is 8.18. The average molecular weight is 803 g/mol. The molecule has 23 nitrogen and oxygen atoms in total. The molecule has 5 rings (SSSR count). The number of phenolic OH excluding ortho intramolecular Hbond substituents is 12. The number of cyclic esters (lactones) is 2. The van der Waals surface area contributed by atoms with Crippen LogP contribution < -0.4 is 0 Å². The molecule has 4 atom stereocenters. The number of carbonyl (C=O) groups excluding carboxylic acids is 4.